The standard InChI is InChI=1S/C12H24N2O/c1-10(2)9-14(11-6-7-11)12(15)5-4-8-13-3/h10-11,13H,4-9H2,1-3H3. The zero-order valence-electron chi connectivity index (χ0n) is 10.3. The van der Waals surface area contributed by atoms with Crippen LogP contribution in [0, 0.1) is 5.92 Å². The summed E-state index contributed by atoms with van der Waals surface area (Å²) in [6.45, 7) is 6.22. The average molecular weight is 212 g/mol. The Balaban J connectivity index is 2.30. The van der Waals surface area contributed by atoms with Gasteiger partial charge < -0.3 is 10.2 Å². The van der Waals surface area contributed by atoms with Crippen LogP contribution in [0.3, 0.4) is 0 Å². The van der Waals surface area contributed by atoms with Crippen LogP contribution in [0.2, 0.25) is 0 Å². The number of carbonyl (C=O) groups excluding carboxylic acids is 1. The second kappa shape index (κ2) is 6.11. The second-order valence-corrected chi connectivity index (χ2v) is 4.88. The summed E-state index contributed by atoms with van der Waals surface area (Å²) in [6, 6.07) is 0.564. The number of hydrogen-bond acceptors (Lipinski definition) is 2. The van der Waals surface area contributed by atoms with Crippen LogP contribution in [0.15, 0.2) is 0 Å². The molecule has 0 radical (unpaired) electrons. The van der Waals surface area contributed by atoms with Crippen LogP contribution in [-0.2, 0) is 4.79 Å². The molecule has 88 valence electrons. The Bertz CT molecular complexity index is 200. The minimum atomic E-state index is 0.349. The number of rotatable bonds is 7. The Morgan fingerprint density at radius 1 is 1.47 bits per heavy atom. The predicted octanol–water partition coefficient (Wildman–Crippen LogP) is 1.63. The molecule has 1 aliphatic rings. The third-order valence-electron chi connectivity index (χ3n) is 2.69. The number of amides is 1. The molecule has 0 aromatic heterocycles. The van der Waals surface area contributed by atoms with Gasteiger partial charge in [-0.3, -0.25) is 4.79 Å². The van der Waals surface area contributed by atoms with Crippen molar-refractivity contribution < 1.29 is 4.79 Å². The van der Waals surface area contributed by atoms with E-state index in [0.717, 1.165) is 19.5 Å². The molecule has 1 rings (SSSR count). The lowest BCUT2D eigenvalue weighted by molar-refractivity contribution is -0.132. The van der Waals surface area contributed by atoms with E-state index >= 15 is 0 Å². The van der Waals surface area contributed by atoms with Crippen LogP contribution in [-0.4, -0.2) is 37.0 Å². The van der Waals surface area contributed by atoms with Gasteiger partial charge in [-0.15, -0.1) is 0 Å². The Morgan fingerprint density at radius 2 is 2.13 bits per heavy atom. The first-order valence-corrected chi connectivity index (χ1v) is 6.09. The molecule has 3 nitrogen and oxygen atoms in total. The molecule has 1 saturated carbocycles. The van der Waals surface area contributed by atoms with E-state index in [4.69, 9.17) is 0 Å². The maximum Gasteiger partial charge on any atom is 0.222 e. The second-order valence-electron chi connectivity index (χ2n) is 4.88. The molecule has 0 aromatic rings. The number of carbonyl (C=O) groups is 1. The Hall–Kier alpha value is -0.570. The Labute approximate surface area is 93.2 Å². The van der Waals surface area contributed by atoms with Crippen molar-refractivity contribution in [1.82, 2.24) is 10.2 Å². The van der Waals surface area contributed by atoms with Gasteiger partial charge in [0, 0.05) is 19.0 Å². The largest absolute Gasteiger partial charge is 0.339 e. The SMILES string of the molecule is CNCCCC(=O)N(CC(C)C)C1CC1. The van der Waals surface area contributed by atoms with E-state index in [0.29, 0.717) is 24.3 Å². The molecule has 0 atom stereocenters. The molecule has 1 N–H and O–H groups in total. The molecule has 0 aromatic carbocycles. The van der Waals surface area contributed by atoms with Crippen molar-refractivity contribution in [2.45, 2.75) is 45.6 Å². The molecule has 0 spiro atoms. The van der Waals surface area contributed by atoms with Crippen LogP contribution in [0.4, 0.5) is 0 Å². The summed E-state index contributed by atoms with van der Waals surface area (Å²) in [5.74, 6) is 0.931. The van der Waals surface area contributed by atoms with Gasteiger partial charge in [-0.1, -0.05) is 13.8 Å². The summed E-state index contributed by atoms with van der Waals surface area (Å²) in [5.41, 5.74) is 0. The quantitative estimate of drug-likeness (QED) is 0.651. The van der Waals surface area contributed by atoms with Crippen molar-refractivity contribution in [2.24, 2.45) is 5.92 Å². The van der Waals surface area contributed by atoms with Crippen molar-refractivity contribution >= 4 is 5.91 Å². The fourth-order valence-corrected chi connectivity index (χ4v) is 1.79. The monoisotopic (exact) mass is 212 g/mol. The lowest BCUT2D eigenvalue weighted by Crippen LogP contribution is -2.36. The summed E-state index contributed by atoms with van der Waals surface area (Å²) in [7, 11) is 1.93. The molecule has 1 fully saturated rings. The first kappa shape index (κ1) is 12.5. The maximum atomic E-state index is 11.9. The van der Waals surface area contributed by atoms with Gasteiger partial charge in [-0.2, -0.15) is 0 Å². The number of nitrogens with one attached hydrogen (secondary N) is 1. The fourth-order valence-electron chi connectivity index (χ4n) is 1.79. The van der Waals surface area contributed by atoms with Crippen molar-refractivity contribution in [3.63, 3.8) is 0 Å². The van der Waals surface area contributed by atoms with Gasteiger partial charge in [0.15, 0.2) is 0 Å². The van der Waals surface area contributed by atoms with Crippen molar-refractivity contribution in [3.05, 3.63) is 0 Å². The number of hydrogen-bond donors (Lipinski definition) is 1. The third kappa shape index (κ3) is 4.65. The van der Waals surface area contributed by atoms with Crippen LogP contribution in [0.1, 0.15) is 39.5 Å². The normalized spacial score (nSPS) is 15.7. The zero-order valence-corrected chi connectivity index (χ0v) is 10.3. The minimum Gasteiger partial charge on any atom is -0.339 e. The van der Waals surface area contributed by atoms with E-state index in [1.165, 1.54) is 12.8 Å². The molecule has 15 heavy (non-hydrogen) atoms. The minimum absolute atomic E-state index is 0.349. The van der Waals surface area contributed by atoms with Gasteiger partial charge >= 0.3 is 0 Å². The van der Waals surface area contributed by atoms with Gasteiger partial charge in [0.1, 0.15) is 0 Å². The average Bonchev–Trinajstić information content (AvgIpc) is 2.97. The molecule has 1 amide bonds. The van der Waals surface area contributed by atoms with E-state index < -0.39 is 0 Å². The summed E-state index contributed by atoms with van der Waals surface area (Å²) < 4.78 is 0. The highest BCUT2D eigenvalue weighted by Crippen LogP contribution is 2.28. The van der Waals surface area contributed by atoms with Crippen molar-refractivity contribution in [1.29, 1.82) is 0 Å². The zero-order chi connectivity index (χ0) is 11.3. The van der Waals surface area contributed by atoms with Gasteiger partial charge in [0.25, 0.3) is 0 Å². The third-order valence-corrected chi connectivity index (χ3v) is 2.69. The summed E-state index contributed by atoms with van der Waals surface area (Å²) >= 11 is 0. The molecule has 0 bridgehead atoms. The molecular weight excluding hydrogens is 188 g/mol. The smallest absolute Gasteiger partial charge is 0.222 e. The molecule has 0 heterocycles. The van der Waals surface area contributed by atoms with Crippen LogP contribution < -0.4 is 5.32 Å². The molecule has 0 unspecified atom stereocenters. The molecule has 0 saturated heterocycles. The van der Waals surface area contributed by atoms with Crippen LogP contribution in [0.5, 0.6) is 0 Å². The first-order chi connectivity index (χ1) is 7.15. The van der Waals surface area contributed by atoms with E-state index in [1.807, 2.05) is 7.05 Å². The van der Waals surface area contributed by atoms with Crippen LogP contribution in [0.25, 0.3) is 0 Å². The number of nitrogens with zero attached hydrogens (tertiary/aromatic N) is 1. The fraction of sp³-hybridized carbons (Fsp3) is 0.917. The highest BCUT2D eigenvalue weighted by atomic mass is 16.2. The molecular formula is C12H24N2O. The predicted molar refractivity (Wildman–Crippen MR) is 62.7 cm³/mol. The summed E-state index contributed by atoms with van der Waals surface area (Å²) in [4.78, 5) is 14.0. The summed E-state index contributed by atoms with van der Waals surface area (Å²) in [6.07, 6.45) is 4.08. The van der Waals surface area contributed by atoms with E-state index in [9.17, 15) is 4.79 Å². The first-order valence-electron chi connectivity index (χ1n) is 6.09. The van der Waals surface area contributed by atoms with Gasteiger partial charge in [0.2, 0.25) is 5.91 Å². The topological polar surface area (TPSA) is 32.3 Å². The van der Waals surface area contributed by atoms with Gasteiger partial charge in [-0.05, 0) is 38.8 Å². The highest BCUT2D eigenvalue weighted by molar-refractivity contribution is 5.76. The lowest BCUT2D eigenvalue weighted by Gasteiger charge is -2.24. The van der Waals surface area contributed by atoms with E-state index in [2.05, 4.69) is 24.1 Å². The summed E-state index contributed by atoms with van der Waals surface area (Å²) in [5, 5.41) is 3.08. The van der Waals surface area contributed by atoms with E-state index in [1.54, 1.807) is 0 Å². The Kier molecular flexibility index (Phi) is 5.09. The molecule has 0 aliphatic heterocycles. The maximum absolute atomic E-state index is 11.9. The van der Waals surface area contributed by atoms with Crippen molar-refractivity contribution in [2.75, 3.05) is 20.1 Å². The van der Waals surface area contributed by atoms with Gasteiger partial charge in [0.05, 0.1) is 0 Å². The Morgan fingerprint density at radius 3 is 2.60 bits per heavy atom. The van der Waals surface area contributed by atoms with Gasteiger partial charge in [-0.25, -0.2) is 0 Å². The van der Waals surface area contributed by atoms with Crippen molar-refractivity contribution in [3.8, 4) is 0 Å². The lowest BCUT2D eigenvalue weighted by atomic mass is 10.2. The highest BCUT2D eigenvalue weighted by Gasteiger charge is 2.32. The molecule has 1 aliphatic carbocycles. The van der Waals surface area contributed by atoms with Crippen LogP contribution >= 0.6 is 0 Å². The van der Waals surface area contributed by atoms with E-state index in [-0.39, 0.29) is 0 Å². The molecule has 3 heteroatoms.